The SMILES string of the molecule is CCCNC(CSc1ccccc1C)C(C)CCOC. The molecular weight excluding hydrogens is 266 g/mol. The van der Waals surface area contributed by atoms with Crippen molar-refractivity contribution in [3.05, 3.63) is 29.8 Å². The van der Waals surface area contributed by atoms with E-state index < -0.39 is 0 Å². The second-order valence-corrected chi connectivity index (χ2v) is 6.46. The van der Waals surface area contributed by atoms with Gasteiger partial charge in [0.05, 0.1) is 0 Å². The van der Waals surface area contributed by atoms with Gasteiger partial charge < -0.3 is 10.1 Å². The Kier molecular flexibility index (Phi) is 8.99. The molecule has 0 radical (unpaired) electrons. The minimum Gasteiger partial charge on any atom is -0.385 e. The number of methoxy groups -OCH3 is 1. The molecule has 20 heavy (non-hydrogen) atoms. The van der Waals surface area contributed by atoms with Crippen molar-refractivity contribution in [1.82, 2.24) is 5.32 Å². The van der Waals surface area contributed by atoms with Gasteiger partial charge in [0.15, 0.2) is 0 Å². The summed E-state index contributed by atoms with van der Waals surface area (Å²) >= 11 is 1.96. The van der Waals surface area contributed by atoms with Gasteiger partial charge in [-0.1, -0.05) is 32.0 Å². The van der Waals surface area contributed by atoms with Crippen molar-refractivity contribution in [1.29, 1.82) is 0 Å². The first-order valence-electron chi connectivity index (χ1n) is 7.59. The zero-order valence-electron chi connectivity index (χ0n) is 13.3. The molecule has 1 aromatic carbocycles. The van der Waals surface area contributed by atoms with E-state index in [-0.39, 0.29) is 0 Å². The highest BCUT2D eigenvalue weighted by atomic mass is 32.2. The maximum atomic E-state index is 5.21. The van der Waals surface area contributed by atoms with Crippen LogP contribution in [-0.4, -0.2) is 32.1 Å². The standard InChI is InChI=1S/C17H29NOS/c1-5-11-18-16(14(2)10-12-19-4)13-20-17-9-7-6-8-15(17)3/h6-9,14,16,18H,5,10-13H2,1-4H3. The number of thioether (sulfide) groups is 1. The molecule has 0 saturated carbocycles. The molecular formula is C17H29NOS. The van der Waals surface area contributed by atoms with Crippen LogP contribution >= 0.6 is 11.8 Å². The Balaban J connectivity index is 2.53. The first-order valence-corrected chi connectivity index (χ1v) is 8.58. The minimum absolute atomic E-state index is 0.551. The van der Waals surface area contributed by atoms with Crippen LogP contribution in [0, 0.1) is 12.8 Å². The normalized spacial score (nSPS) is 14.2. The summed E-state index contributed by atoms with van der Waals surface area (Å²) in [6.07, 6.45) is 2.30. The predicted octanol–water partition coefficient (Wildman–Crippen LogP) is 4.13. The van der Waals surface area contributed by atoms with Crippen LogP contribution in [0.3, 0.4) is 0 Å². The Morgan fingerprint density at radius 2 is 2.05 bits per heavy atom. The molecule has 0 heterocycles. The van der Waals surface area contributed by atoms with Gasteiger partial charge in [-0.3, -0.25) is 0 Å². The van der Waals surface area contributed by atoms with E-state index in [1.165, 1.54) is 16.9 Å². The highest BCUT2D eigenvalue weighted by molar-refractivity contribution is 7.99. The number of nitrogens with one attached hydrogen (secondary N) is 1. The third kappa shape index (κ3) is 6.29. The van der Waals surface area contributed by atoms with Gasteiger partial charge in [0.25, 0.3) is 0 Å². The number of ether oxygens (including phenoxy) is 1. The van der Waals surface area contributed by atoms with Crippen LogP contribution < -0.4 is 5.32 Å². The lowest BCUT2D eigenvalue weighted by atomic mass is 10.00. The van der Waals surface area contributed by atoms with Gasteiger partial charge >= 0.3 is 0 Å². The lowest BCUT2D eigenvalue weighted by molar-refractivity contribution is 0.172. The topological polar surface area (TPSA) is 21.3 Å². The number of benzene rings is 1. The Hall–Kier alpha value is -0.510. The molecule has 0 aromatic heterocycles. The molecule has 1 aromatic rings. The average molecular weight is 295 g/mol. The molecule has 0 aliphatic rings. The first kappa shape index (κ1) is 17.5. The number of rotatable bonds is 10. The molecule has 2 atom stereocenters. The van der Waals surface area contributed by atoms with Crippen LogP contribution in [0.25, 0.3) is 0 Å². The lowest BCUT2D eigenvalue weighted by Gasteiger charge is -2.25. The molecule has 0 aliphatic carbocycles. The van der Waals surface area contributed by atoms with E-state index >= 15 is 0 Å². The van der Waals surface area contributed by atoms with E-state index in [2.05, 4.69) is 50.4 Å². The van der Waals surface area contributed by atoms with Crippen LogP contribution in [0.5, 0.6) is 0 Å². The molecule has 0 saturated heterocycles. The zero-order valence-corrected chi connectivity index (χ0v) is 14.1. The molecule has 1 rings (SSSR count). The molecule has 3 heteroatoms. The van der Waals surface area contributed by atoms with E-state index in [0.29, 0.717) is 12.0 Å². The highest BCUT2D eigenvalue weighted by Gasteiger charge is 2.17. The molecule has 114 valence electrons. The molecule has 2 unspecified atom stereocenters. The summed E-state index contributed by atoms with van der Waals surface area (Å²) in [7, 11) is 1.78. The van der Waals surface area contributed by atoms with E-state index in [9.17, 15) is 0 Å². The smallest absolute Gasteiger partial charge is 0.0465 e. The molecule has 0 aliphatic heterocycles. The van der Waals surface area contributed by atoms with E-state index in [0.717, 1.165) is 25.3 Å². The van der Waals surface area contributed by atoms with Crippen LogP contribution in [-0.2, 0) is 4.74 Å². The van der Waals surface area contributed by atoms with Crippen molar-refractivity contribution in [2.45, 2.75) is 44.6 Å². The number of aryl methyl sites for hydroxylation is 1. The Labute approximate surface area is 128 Å². The summed E-state index contributed by atoms with van der Waals surface area (Å²) in [5, 5.41) is 3.69. The summed E-state index contributed by atoms with van der Waals surface area (Å²) in [6, 6.07) is 9.18. The van der Waals surface area contributed by atoms with Crippen molar-refractivity contribution < 1.29 is 4.74 Å². The third-order valence-electron chi connectivity index (χ3n) is 3.63. The van der Waals surface area contributed by atoms with Crippen molar-refractivity contribution in [3.8, 4) is 0 Å². The summed E-state index contributed by atoms with van der Waals surface area (Å²) in [5.41, 5.74) is 1.37. The maximum Gasteiger partial charge on any atom is 0.0465 e. The monoisotopic (exact) mass is 295 g/mol. The first-order chi connectivity index (χ1) is 9.69. The van der Waals surface area contributed by atoms with E-state index in [1.807, 2.05) is 11.8 Å². The van der Waals surface area contributed by atoms with Crippen LogP contribution in [0.2, 0.25) is 0 Å². The highest BCUT2D eigenvalue weighted by Crippen LogP contribution is 2.24. The zero-order chi connectivity index (χ0) is 14.8. The van der Waals surface area contributed by atoms with Crippen molar-refractivity contribution in [2.24, 2.45) is 5.92 Å². The van der Waals surface area contributed by atoms with Crippen molar-refractivity contribution in [2.75, 3.05) is 26.0 Å². The maximum absolute atomic E-state index is 5.21. The predicted molar refractivity (Wildman–Crippen MR) is 89.6 cm³/mol. The Morgan fingerprint density at radius 1 is 1.30 bits per heavy atom. The molecule has 2 nitrogen and oxygen atoms in total. The van der Waals surface area contributed by atoms with Gasteiger partial charge in [0.1, 0.15) is 0 Å². The van der Waals surface area contributed by atoms with Crippen molar-refractivity contribution in [3.63, 3.8) is 0 Å². The quantitative estimate of drug-likeness (QED) is 0.656. The van der Waals surface area contributed by atoms with Gasteiger partial charge in [0.2, 0.25) is 0 Å². The average Bonchev–Trinajstić information content (AvgIpc) is 2.46. The van der Waals surface area contributed by atoms with Crippen LogP contribution in [0.4, 0.5) is 0 Å². The number of hydrogen-bond acceptors (Lipinski definition) is 3. The fourth-order valence-corrected chi connectivity index (χ4v) is 3.43. The minimum atomic E-state index is 0.551. The second-order valence-electron chi connectivity index (χ2n) is 5.40. The fourth-order valence-electron chi connectivity index (χ4n) is 2.16. The molecule has 0 spiro atoms. The van der Waals surface area contributed by atoms with Gasteiger partial charge in [-0.05, 0) is 43.9 Å². The molecule has 0 fully saturated rings. The van der Waals surface area contributed by atoms with Gasteiger partial charge in [-0.2, -0.15) is 0 Å². The molecule has 1 N–H and O–H groups in total. The van der Waals surface area contributed by atoms with Gasteiger partial charge in [-0.15, -0.1) is 11.8 Å². The van der Waals surface area contributed by atoms with Crippen LogP contribution in [0.15, 0.2) is 29.2 Å². The van der Waals surface area contributed by atoms with Gasteiger partial charge in [0, 0.05) is 30.4 Å². The van der Waals surface area contributed by atoms with Crippen molar-refractivity contribution >= 4 is 11.8 Å². The van der Waals surface area contributed by atoms with Gasteiger partial charge in [-0.25, -0.2) is 0 Å². The fraction of sp³-hybridized carbons (Fsp3) is 0.647. The molecule has 0 bridgehead atoms. The largest absolute Gasteiger partial charge is 0.385 e. The second kappa shape index (κ2) is 10.3. The molecule has 0 amide bonds. The lowest BCUT2D eigenvalue weighted by Crippen LogP contribution is -2.38. The third-order valence-corrected chi connectivity index (χ3v) is 4.93. The summed E-state index contributed by atoms with van der Waals surface area (Å²) < 4.78 is 5.21. The summed E-state index contributed by atoms with van der Waals surface area (Å²) in [4.78, 5) is 1.40. The summed E-state index contributed by atoms with van der Waals surface area (Å²) in [6.45, 7) is 8.67. The van der Waals surface area contributed by atoms with E-state index in [1.54, 1.807) is 7.11 Å². The Morgan fingerprint density at radius 3 is 2.70 bits per heavy atom. The Bertz CT molecular complexity index is 370. The van der Waals surface area contributed by atoms with E-state index in [4.69, 9.17) is 4.74 Å². The summed E-state index contributed by atoms with van der Waals surface area (Å²) in [5.74, 6) is 1.76. The van der Waals surface area contributed by atoms with Crippen LogP contribution in [0.1, 0.15) is 32.3 Å². The number of hydrogen-bond donors (Lipinski definition) is 1.